The number of carbonyl (C=O) groups excluding carboxylic acids is 2. The van der Waals surface area contributed by atoms with E-state index in [1.807, 2.05) is 55.5 Å². The Morgan fingerprint density at radius 3 is 2.04 bits per heavy atom. The second-order valence-electron chi connectivity index (χ2n) is 13.2. The van der Waals surface area contributed by atoms with Crippen molar-refractivity contribution in [3.63, 3.8) is 0 Å². The Morgan fingerprint density at radius 1 is 0.765 bits per heavy atom. The quantitative estimate of drug-likeness (QED) is 0.0769. The number of aromatic nitrogens is 2. The van der Waals surface area contributed by atoms with Crippen LogP contribution < -0.4 is 9.47 Å². The molecule has 0 saturated carbocycles. The molecule has 1 aliphatic heterocycles. The fourth-order valence-electron chi connectivity index (χ4n) is 6.41. The number of ether oxygens (including phenoxy) is 2. The van der Waals surface area contributed by atoms with Gasteiger partial charge in [-0.3, -0.25) is 9.59 Å². The molecule has 3 aromatic carbocycles. The fourth-order valence-corrected chi connectivity index (χ4v) is 6.41. The van der Waals surface area contributed by atoms with Gasteiger partial charge in [-0.05, 0) is 79.6 Å². The van der Waals surface area contributed by atoms with Crippen molar-refractivity contribution in [2.24, 2.45) is 5.92 Å². The summed E-state index contributed by atoms with van der Waals surface area (Å²) in [4.78, 5) is 49.8. The molecule has 1 amide bonds. The van der Waals surface area contributed by atoms with Crippen molar-refractivity contribution in [3.8, 4) is 34.0 Å². The number of carboxylic acid groups (broad SMARTS) is 1. The molecule has 5 rings (SSSR count). The van der Waals surface area contributed by atoms with Crippen LogP contribution in [0.25, 0.3) is 22.5 Å². The van der Waals surface area contributed by atoms with E-state index in [9.17, 15) is 19.5 Å². The molecule has 0 aliphatic carbocycles. The largest absolute Gasteiger partial charge is 0.494 e. The maximum Gasteiger partial charge on any atom is 0.326 e. The number of likely N-dealkylation sites (tertiary alicyclic amines) is 1. The zero-order valence-corrected chi connectivity index (χ0v) is 29.8. The molecular formula is C42H49N3O6. The number of ketones is 1. The Bertz CT molecular complexity index is 1710. The maximum absolute atomic E-state index is 13.8. The van der Waals surface area contributed by atoms with Crippen LogP contribution in [0.15, 0.2) is 85.2 Å². The molecule has 51 heavy (non-hydrogen) atoms. The Morgan fingerprint density at radius 2 is 1.39 bits per heavy atom. The van der Waals surface area contributed by atoms with Crippen LogP contribution in [0.5, 0.6) is 11.5 Å². The van der Waals surface area contributed by atoms with E-state index in [-0.39, 0.29) is 18.1 Å². The van der Waals surface area contributed by atoms with Gasteiger partial charge in [-0.1, -0.05) is 75.9 Å². The van der Waals surface area contributed by atoms with Crippen LogP contribution in [0, 0.1) is 5.92 Å². The Balaban J connectivity index is 1.23. The van der Waals surface area contributed by atoms with Crippen LogP contribution in [0.4, 0.5) is 0 Å². The molecule has 9 nitrogen and oxygen atoms in total. The van der Waals surface area contributed by atoms with Crippen LogP contribution in [-0.4, -0.2) is 63.4 Å². The molecule has 0 radical (unpaired) electrons. The summed E-state index contributed by atoms with van der Waals surface area (Å²) in [6, 6.07) is 21.7. The SMILES string of the molecule is CCCCCCCOc1ccc(-c2cnc(-c3ccc(C[C@H](CC(=O)c4ccc(OCCC)cc4)C(=O)N4CCC[C@H]4C(=O)O)cc3)nc2)cc1. The fraction of sp³-hybridized carbons (Fsp3) is 0.405. The van der Waals surface area contributed by atoms with Gasteiger partial charge in [-0.25, -0.2) is 14.8 Å². The van der Waals surface area contributed by atoms with E-state index in [4.69, 9.17) is 9.47 Å². The van der Waals surface area contributed by atoms with Gasteiger partial charge in [-0.15, -0.1) is 0 Å². The summed E-state index contributed by atoms with van der Waals surface area (Å²) < 4.78 is 11.5. The van der Waals surface area contributed by atoms with Gasteiger partial charge in [0.2, 0.25) is 5.91 Å². The predicted octanol–water partition coefficient (Wildman–Crippen LogP) is 8.46. The standard InChI is InChI=1S/C42H49N3O6/c1-3-5-6-7-8-25-51-37-19-15-31(16-20-37)35-28-43-40(44-29-35)33-13-11-30(12-14-33)26-34(41(47)45-23-9-10-38(45)42(48)49)27-39(46)32-17-21-36(22-18-32)50-24-4-2/h11-22,28-29,34,38H,3-10,23-27H2,1-2H3,(H,48,49)/t34-,38+/m1/s1. The molecular weight excluding hydrogens is 642 g/mol. The van der Waals surface area contributed by atoms with E-state index in [0.717, 1.165) is 47.5 Å². The van der Waals surface area contributed by atoms with Gasteiger partial charge in [0.1, 0.15) is 17.5 Å². The van der Waals surface area contributed by atoms with Crippen LogP contribution >= 0.6 is 0 Å². The molecule has 1 N–H and O–H groups in total. The zero-order valence-electron chi connectivity index (χ0n) is 29.8. The Hall–Kier alpha value is -5.05. The first kappa shape index (κ1) is 37.2. The summed E-state index contributed by atoms with van der Waals surface area (Å²) in [5.74, 6) is -0.0923. The Kier molecular flexibility index (Phi) is 13.7. The molecule has 0 spiro atoms. The summed E-state index contributed by atoms with van der Waals surface area (Å²) in [6.45, 7) is 5.92. The van der Waals surface area contributed by atoms with E-state index in [1.54, 1.807) is 36.7 Å². The lowest BCUT2D eigenvalue weighted by Gasteiger charge is -2.26. The predicted molar refractivity (Wildman–Crippen MR) is 198 cm³/mol. The maximum atomic E-state index is 13.8. The first-order valence-electron chi connectivity index (χ1n) is 18.3. The van der Waals surface area contributed by atoms with Gasteiger partial charge in [-0.2, -0.15) is 0 Å². The number of nitrogens with zero attached hydrogens (tertiary/aromatic N) is 3. The van der Waals surface area contributed by atoms with Gasteiger partial charge in [0, 0.05) is 48.0 Å². The summed E-state index contributed by atoms with van der Waals surface area (Å²) in [6.07, 6.45) is 11.8. The number of carboxylic acids is 1. The second kappa shape index (κ2) is 18.8. The number of carbonyl (C=O) groups is 3. The van der Waals surface area contributed by atoms with Crippen molar-refractivity contribution in [2.45, 2.75) is 84.1 Å². The van der Waals surface area contributed by atoms with Crippen molar-refractivity contribution in [1.82, 2.24) is 14.9 Å². The second-order valence-corrected chi connectivity index (χ2v) is 13.2. The number of hydrogen-bond acceptors (Lipinski definition) is 7. The third-order valence-corrected chi connectivity index (χ3v) is 9.30. The van der Waals surface area contributed by atoms with Crippen molar-refractivity contribution < 1.29 is 29.0 Å². The summed E-state index contributed by atoms with van der Waals surface area (Å²) >= 11 is 0. The van der Waals surface area contributed by atoms with Crippen LogP contribution in [-0.2, 0) is 16.0 Å². The first-order chi connectivity index (χ1) is 24.9. The highest BCUT2D eigenvalue weighted by molar-refractivity contribution is 5.99. The average Bonchev–Trinajstić information content (AvgIpc) is 3.66. The van der Waals surface area contributed by atoms with Gasteiger partial charge in [0.15, 0.2) is 11.6 Å². The summed E-state index contributed by atoms with van der Waals surface area (Å²) in [5, 5.41) is 9.75. The zero-order chi connectivity index (χ0) is 36.0. The number of aliphatic carboxylic acids is 1. The number of unbranched alkanes of at least 4 members (excludes halogenated alkanes) is 4. The normalized spacial score (nSPS) is 14.6. The molecule has 2 heterocycles. The molecule has 1 aromatic heterocycles. The highest BCUT2D eigenvalue weighted by atomic mass is 16.5. The highest BCUT2D eigenvalue weighted by Gasteiger charge is 2.37. The number of rotatable bonds is 19. The van der Waals surface area contributed by atoms with Crippen LogP contribution in [0.3, 0.4) is 0 Å². The minimum Gasteiger partial charge on any atom is -0.494 e. The smallest absolute Gasteiger partial charge is 0.326 e. The molecule has 1 fully saturated rings. The van der Waals surface area contributed by atoms with E-state index >= 15 is 0 Å². The Labute approximate surface area is 301 Å². The number of hydrogen-bond donors (Lipinski definition) is 1. The van der Waals surface area contributed by atoms with Crippen molar-refractivity contribution in [1.29, 1.82) is 0 Å². The van der Waals surface area contributed by atoms with E-state index in [2.05, 4.69) is 16.9 Å². The lowest BCUT2D eigenvalue weighted by molar-refractivity contribution is -0.149. The summed E-state index contributed by atoms with van der Waals surface area (Å²) in [5.41, 5.74) is 4.07. The third kappa shape index (κ3) is 10.5. The average molecular weight is 692 g/mol. The van der Waals surface area contributed by atoms with E-state index in [0.29, 0.717) is 49.6 Å². The van der Waals surface area contributed by atoms with Gasteiger partial charge in [0.25, 0.3) is 0 Å². The molecule has 1 aliphatic rings. The molecule has 0 bridgehead atoms. The lowest BCUT2D eigenvalue weighted by atomic mass is 9.90. The van der Waals surface area contributed by atoms with Crippen LogP contribution in [0.2, 0.25) is 0 Å². The van der Waals surface area contributed by atoms with Crippen molar-refractivity contribution in [3.05, 3.63) is 96.3 Å². The van der Waals surface area contributed by atoms with E-state index in [1.165, 1.54) is 30.6 Å². The van der Waals surface area contributed by atoms with Crippen molar-refractivity contribution in [2.75, 3.05) is 19.8 Å². The summed E-state index contributed by atoms with van der Waals surface area (Å²) in [7, 11) is 0. The molecule has 9 heteroatoms. The number of Topliss-reactive ketones (excluding diaryl/α,β-unsaturated/α-hetero) is 1. The van der Waals surface area contributed by atoms with Crippen molar-refractivity contribution >= 4 is 17.7 Å². The van der Waals surface area contributed by atoms with Crippen LogP contribution in [0.1, 0.15) is 87.6 Å². The molecule has 4 aromatic rings. The van der Waals surface area contributed by atoms with Gasteiger partial charge in [0.05, 0.1) is 13.2 Å². The minimum absolute atomic E-state index is 0.0324. The highest BCUT2D eigenvalue weighted by Crippen LogP contribution is 2.27. The first-order valence-corrected chi connectivity index (χ1v) is 18.3. The molecule has 2 atom stereocenters. The number of amides is 1. The minimum atomic E-state index is -1.02. The van der Waals surface area contributed by atoms with Gasteiger partial charge < -0.3 is 19.5 Å². The monoisotopic (exact) mass is 691 g/mol. The number of benzene rings is 3. The van der Waals surface area contributed by atoms with E-state index < -0.39 is 17.9 Å². The molecule has 268 valence electrons. The topological polar surface area (TPSA) is 119 Å². The van der Waals surface area contributed by atoms with Gasteiger partial charge >= 0.3 is 5.97 Å². The third-order valence-electron chi connectivity index (χ3n) is 9.30. The lowest BCUT2D eigenvalue weighted by Crippen LogP contribution is -2.44. The molecule has 0 unspecified atom stereocenters. The molecule has 1 saturated heterocycles.